The van der Waals surface area contributed by atoms with Gasteiger partial charge in [0.15, 0.2) is 9.84 Å². The van der Waals surface area contributed by atoms with Crippen LogP contribution in [0, 0.1) is 0 Å². The molecule has 0 saturated heterocycles. The van der Waals surface area contributed by atoms with Gasteiger partial charge in [-0.3, -0.25) is 4.72 Å². The van der Waals surface area contributed by atoms with Gasteiger partial charge in [-0.2, -0.15) is 0 Å². The van der Waals surface area contributed by atoms with Crippen LogP contribution in [-0.4, -0.2) is 43.8 Å². The number of anilines is 1. The monoisotopic (exact) mass is 418 g/mol. The molecule has 2 aromatic rings. The first-order chi connectivity index (χ1) is 12.0. The zero-order chi connectivity index (χ0) is 19.4. The van der Waals surface area contributed by atoms with Crippen LogP contribution in [0.25, 0.3) is 0 Å². The summed E-state index contributed by atoms with van der Waals surface area (Å²) in [5, 5.41) is 0. The van der Waals surface area contributed by atoms with Crippen LogP contribution in [0.2, 0.25) is 0 Å². The van der Waals surface area contributed by atoms with Gasteiger partial charge in [-0.05, 0) is 24.3 Å². The first kappa shape index (κ1) is 20.4. The number of hydrogen-bond donors (Lipinski definition) is 2. The summed E-state index contributed by atoms with van der Waals surface area (Å²) in [6.07, 6.45) is 0.898. The molecule has 0 aliphatic heterocycles. The van der Waals surface area contributed by atoms with Crippen LogP contribution in [0.3, 0.4) is 0 Å². The molecule has 2 aromatic carbocycles. The maximum absolute atomic E-state index is 12.4. The standard InChI is InChI=1S/C15H18N2O6S3/c1-24(18,19)14-9-5-6-10-15(14)26(22,23)16-11-12-25(20,21)17-13-7-3-2-4-8-13/h2-10,16-17H,11-12H2,1H3. The van der Waals surface area contributed by atoms with E-state index in [9.17, 15) is 25.3 Å². The van der Waals surface area contributed by atoms with Crippen molar-refractivity contribution in [3.05, 3.63) is 54.6 Å². The van der Waals surface area contributed by atoms with E-state index in [4.69, 9.17) is 0 Å². The topological polar surface area (TPSA) is 126 Å². The quantitative estimate of drug-likeness (QED) is 0.653. The van der Waals surface area contributed by atoms with Crippen molar-refractivity contribution in [3.8, 4) is 0 Å². The number of nitrogens with one attached hydrogen (secondary N) is 2. The second-order valence-electron chi connectivity index (χ2n) is 5.40. The normalized spacial score (nSPS) is 12.7. The lowest BCUT2D eigenvalue weighted by molar-refractivity contribution is 0.574. The van der Waals surface area contributed by atoms with Crippen LogP contribution in [0.15, 0.2) is 64.4 Å². The summed E-state index contributed by atoms with van der Waals surface area (Å²) in [5.41, 5.74) is 0.359. The molecule has 11 heteroatoms. The fourth-order valence-corrected chi connectivity index (χ4v) is 5.86. The summed E-state index contributed by atoms with van der Waals surface area (Å²) in [4.78, 5) is -0.770. The van der Waals surface area contributed by atoms with Crippen molar-refractivity contribution >= 4 is 35.6 Å². The Morgan fingerprint density at radius 1 is 0.769 bits per heavy atom. The van der Waals surface area contributed by atoms with E-state index in [-0.39, 0.29) is 4.90 Å². The zero-order valence-electron chi connectivity index (χ0n) is 13.8. The summed E-state index contributed by atoms with van der Waals surface area (Å²) < 4.78 is 76.6. The summed E-state index contributed by atoms with van der Waals surface area (Å²) in [6.45, 7) is -0.414. The minimum absolute atomic E-state index is 0.349. The molecule has 0 spiro atoms. The van der Waals surface area contributed by atoms with Crippen LogP contribution < -0.4 is 9.44 Å². The Hall–Kier alpha value is -1.95. The first-order valence-electron chi connectivity index (χ1n) is 7.36. The summed E-state index contributed by atoms with van der Waals surface area (Å²) in [5.74, 6) is -0.512. The molecule has 0 amide bonds. The molecule has 0 aliphatic carbocycles. The highest BCUT2D eigenvalue weighted by molar-refractivity contribution is 7.93. The third-order valence-electron chi connectivity index (χ3n) is 3.25. The molecule has 0 atom stereocenters. The van der Waals surface area contributed by atoms with Gasteiger partial charge < -0.3 is 0 Å². The molecule has 0 heterocycles. The Labute approximate surface area is 153 Å². The van der Waals surface area contributed by atoms with Gasteiger partial charge >= 0.3 is 0 Å². The molecule has 142 valence electrons. The fourth-order valence-electron chi connectivity index (χ4n) is 2.10. The van der Waals surface area contributed by atoms with Crippen LogP contribution in [0.1, 0.15) is 0 Å². The van der Waals surface area contributed by atoms with Gasteiger partial charge in [0.1, 0.15) is 4.90 Å². The number of para-hydroxylation sites is 1. The van der Waals surface area contributed by atoms with Gasteiger partial charge in [-0.1, -0.05) is 30.3 Å². The van der Waals surface area contributed by atoms with Gasteiger partial charge in [0.2, 0.25) is 20.0 Å². The maximum Gasteiger partial charge on any atom is 0.241 e. The minimum Gasteiger partial charge on any atom is -0.284 e. The van der Waals surface area contributed by atoms with Crippen molar-refractivity contribution in [2.24, 2.45) is 0 Å². The minimum atomic E-state index is -4.19. The lowest BCUT2D eigenvalue weighted by Gasteiger charge is -2.11. The molecule has 0 fully saturated rings. The molecular formula is C15H18N2O6S3. The molecule has 0 radical (unpaired) electrons. The number of benzene rings is 2. The molecule has 26 heavy (non-hydrogen) atoms. The molecule has 0 saturated carbocycles. The summed E-state index contributed by atoms with van der Waals surface area (Å²) >= 11 is 0. The average Bonchev–Trinajstić information content (AvgIpc) is 2.54. The second-order valence-corrected chi connectivity index (χ2v) is 11.0. The van der Waals surface area contributed by atoms with E-state index in [0.29, 0.717) is 5.69 Å². The van der Waals surface area contributed by atoms with E-state index in [1.165, 1.54) is 18.2 Å². The fraction of sp³-hybridized carbons (Fsp3) is 0.200. The predicted molar refractivity (Wildman–Crippen MR) is 98.6 cm³/mol. The van der Waals surface area contributed by atoms with E-state index >= 15 is 0 Å². The maximum atomic E-state index is 12.4. The van der Waals surface area contributed by atoms with Gasteiger partial charge in [-0.25, -0.2) is 30.0 Å². The number of hydrogen-bond acceptors (Lipinski definition) is 6. The van der Waals surface area contributed by atoms with Crippen LogP contribution >= 0.6 is 0 Å². The molecule has 2 rings (SSSR count). The van der Waals surface area contributed by atoms with Crippen LogP contribution in [0.4, 0.5) is 5.69 Å². The Kier molecular flexibility index (Phi) is 6.06. The number of rotatable bonds is 8. The van der Waals surface area contributed by atoms with Gasteiger partial charge in [-0.15, -0.1) is 0 Å². The number of sulfone groups is 1. The van der Waals surface area contributed by atoms with Crippen LogP contribution in [0.5, 0.6) is 0 Å². The molecule has 0 aliphatic rings. The Morgan fingerprint density at radius 3 is 1.88 bits per heavy atom. The molecule has 0 aromatic heterocycles. The summed E-state index contributed by atoms with van der Waals surface area (Å²) in [6, 6.07) is 13.3. The molecule has 0 bridgehead atoms. The molecular weight excluding hydrogens is 400 g/mol. The smallest absolute Gasteiger partial charge is 0.241 e. The van der Waals surface area contributed by atoms with Crippen molar-refractivity contribution in [2.45, 2.75) is 9.79 Å². The lowest BCUT2D eigenvalue weighted by atomic mass is 10.3. The highest BCUT2D eigenvalue weighted by Gasteiger charge is 2.23. The van der Waals surface area contributed by atoms with Crippen molar-refractivity contribution in [3.63, 3.8) is 0 Å². The lowest BCUT2D eigenvalue weighted by Crippen LogP contribution is -2.32. The predicted octanol–water partition coefficient (Wildman–Crippen LogP) is 0.810. The average molecular weight is 419 g/mol. The van der Waals surface area contributed by atoms with Gasteiger partial charge in [0, 0.05) is 18.5 Å². The third kappa shape index (κ3) is 5.53. The molecule has 0 unspecified atom stereocenters. The Morgan fingerprint density at radius 2 is 1.31 bits per heavy atom. The highest BCUT2D eigenvalue weighted by Crippen LogP contribution is 2.20. The van der Waals surface area contributed by atoms with Crippen molar-refractivity contribution in [1.29, 1.82) is 0 Å². The van der Waals surface area contributed by atoms with Crippen molar-refractivity contribution < 1.29 is 25.3 Å². The van der Waals surface area contributed by atoms with Crippen molar-refractivity contribution in [2.75, 3.05) is 23.3 Å². The second kappa shape index (κ2) is 7.74. The van der Waals surface area contributed by atoms with Crippen LogP contribution in [-0.2, 0) is 29.9 Å². The largest absolute Gasteiger partial charge is 0.284 e. The molecule has 8 nitrogen and oxygen atoms in total. The summed E-state index contributed by atoms with van der Waals surface area (Å²) in [7, 11) is -11.7. The van der Waals surface area contributed by atoms with Gasteiger partial charge in [0.05, 0.1) is 10.6 Å². The Bertz CT molecular complexity index is 1080. The van der Waals surface area contributed by atoms with E-state index in [0.717, 1.165) is 12.3 Å². The number of sulfonamides is 2. The first-order valence-corrected chi connectivity index (χ1v) is 12.4. The highest BCUT2D eigenvalue weighted by atomic mass is 32.2. The third-order valence-corrected chi connectivity index (χ3v) is 7.34. The van der Waals surface area contributed by atoms with Gasteiger partial charge in [0.25, 0.3) is 0 Å². The van der Waals surface area contributed by atoms with E-state index in [2.05, 4.69) is 9.44 Å². The zero-order valence-corrected chi connectivity index (χ0v) is 16.2. The molecule has 2 N–H and O–H groups in total. The van der Waals surface area contributed by atoms with E-state index in [1.807, 2.05) is 0 Å². The SMILES string of the molecule is CS(=O)(=O)c1ccccc1S(=O)(=O)NCCS(=O)(=O)Nc1ccccc1. The Balaban J connectivity index is 2.10. The van der Waals surface area contributed by atoms with E-state index in [1.54, 1.807) is 30.3 Å². The van der Waals surface area contributed by atoms with E-state index < -0.39 is 47.1 Å². The van der Waals surface area contributed by atoms with Crippen molar-refractivity contribution in [1.82, 2.24) is 4.72 Å².